The van der Waals surface area contributed by atoms with Crippen molar-refractivity contribution < 1.29 is 23.8 Å². The van der Waals surface area contributed by atoms with Gasteiger partial charge >= 0.3 is 0 Å². The normalized spacial score (nSPS) is 15.1. The number of aromatic nitrogens is 1. The third-order valence-corrected chi connectivity index (χ3v) is 6.03. The zero-order chi connectivity index (χ0) is 24.2. The second-order valence-corrected chi connectivity index (χ2v) is 8.58. The lowest BCUT2D eigenvalue weighted by molar-refractivity contribution is -0.121. The van der Waals surface area contributed by atoms with E-state index in [2.05, 4.69) is 21.6 Å². The first-order valence-corrected chi connectivity index (χ1v) is 11.8. The standard InChI is InChI=1S/C26H28N4O5/c1-17-14-24(30-8-10-33-11-9-30)29-21-4-2-18(15-20(17)21)27-25(31)6-7-26(32)28-19-3-5-22-23(16-19)35-13-12-34-22/h2-5,14-16H,6-13H2,1H3,(H,27,31)(H,28,32). The van der Waals surface area contributed by atoms with E-state index in [-0.39, 0.29) is 24.7 Å². The highest BCUT2D eigenvalue weighted by molar-refractivity contribution is 5.98. The van der Waals surface area contributed by atoms with Gasteiger partial charge in [0.2, 0.25) is 11.8 Å². The molecule has 0 atom stereocenters. The van der Waals surface area contributed by atoms with Crippen LogP contribution in [0, 0.1) is 6.92 Å². The van der Waals surface area contributed by atoms with Crippen LogP contribution in [-0.4, -0.2) is 56.3 Å². The first-order chi connectivity index (χ1) is 17.0. The van der Waals surface area contributed by atoms with Gasteiger partial charge in [0, 0.05) is 48.8 Å². The largest absolute Gasteiger partial charge is 0.486 e. The van der Waals surface area contributed by atoms with Crippen molar-refractivity contribution in [3.8, 4) is 11.5 Å². The van der Waals surface area contributed by atoms with Crippen molar-refractivity contribution in [2.75, 3.05) is 55.1 Å². The van der Waals surface area contributed by atoms with Crippen LogP contribution in [0.3, 0.4) is 0 Å². The van der Waals surface area contributed by atoms with E-state index in [0.717, 1.165) is 35.4 Å². The summed E-state index contributed by atoms with van der Waals surface area (Å²) in [6.45, 7) is 6.10. The molecule has 1 aromatic heterocycles. The summed E-state index contributed by atoms with van der Waals surface area (Å²) in [6.07, 6.45) is 0.138. The average molecular weight is 477 g/mol. The molecular formula is C26H28N4O5. The summed E-state index contributed by atoms with van der Waals surface area (Å²) in [6, 6.07) is 13.0. The van der Waals surface area contributed by atoms with Crippen molar-refractivity contribution in [2.45, 2.75) is 19.8 Å². The monoisotopic (exact) mass is 476 g/mol. The zero-order valence-electron chi connectivity index (χ0n) is 19.6. The van der Waals surface area contributed by atoms with Gasteiger partial charge in [0.25, 0.3) is 0 Å². The maximum atomic E-state index is 12.5. The number of carbonyl (C=O) groups excluding carboxylic acids is 2. The predicted octanol–water partition coefficient (Wildman–Crippen LogP) is 3.51. The van der Waals surface area contributed by atoms with Crippen molar-refractivity contribution in [1.29, 1.82) is 0 Å². The highest BCUT2D eigenvalue weighted by Crippen LogP contribution is 2.32. The highest BCUT2D eigenvalue weighted by atomic mass is 16.6. The number of nitrogens with zero attached hydrogens (tertiary/aromatic N) is 2. The number of carbonyl (C=O) groups is 2. The molecule has 5 rings (SSSR count). The van der Waals surface area contributed by atoms with Gasteiger partial charge in [0.1, 0.15) is 19.0 Å². The molecule has 35 heavy (non-hydrogen) atoms. The van der Waals surface area contributed by atoms with Gasteiger partial charge in [-0.15, -0.1) is 0 Å². The Morgan fingerprint density at radius 2 is 1.51 bits per heavy atom. The molecule has 2 aliphatic rings. The SMILES string of the molecule is Cc1cc(N2CCOCC2)nc2ccc(NC(=O)CCC(=O)Nc3ccc4c(c3)OCCO4)cc12. The number of hydrogen-bond acceptors (Lipinski definition) is 7. The van der Waals surface area contributed by atoms with Crippen LogP contribution < -0.4 is 25.0 Å². The molecule has 2 aromatic carbocycles. The highest BCUT2D eigenvalue weighted by Gasteiger charge is 2.16. The Labute approximate surface area is 203 Å². The molecular weight excluding hydrogens is 448 g/mol. The number of amides is 2. The smallest absolute Gasteiger partial charge is 0.224 e. The van der Waals surface area contributed by atoms with E-state index in [4.69, 9.17) is 19.2 Å². The maximum absolute atomic E-state index is 12.5. The van der Waals surface area contributed by atoms with Gasteiger partial charge in [-0.05, 0) is 48.9 Å². The number of fused-ring (bicyclic) bond motifs is 2. The fraction of sp³-hybridized carbons (Fsp3) is 0.346. The van der Waals surface area contributed by atoms with E-state index in [9.17, 15) is 9.59 Å². The third-order valence-electron chi connectivity index (χ3n) is 6.03. The summed E-state index contributed by atoms with van der Waals surface area (Å²) >= 11 is 0. The molecule has 3 heterocycles. The minimum Gasteiger partial charge on any atom is -0.486 e. The Kier molecular flexibility index (Phi) is 6.67. The summed E-state index contributed by atoms with van der Waals surface area (Å²) in [7, 11) is 0. The number of benzene rings is 2. The van der Waals surface area contributed by atoms with Crippen LogP contribution in [0.4, 0.5) is 17.2 Å². The molecule has 2 N–H and O–H groups in total. The number of aryl methyl sites for hydroxylation is 1. The van der Waals surface area contributed by atoms with Crippen LogP contribution in [-0.2, 0) is 14.3 Å². The number of ether oxygens (including phenoxy) is 3. The fourth-order valence-corrected chi connectivity index (χ4v) is 4.20. The molecule has 0 aliphatic carbocycles. The molecule has 2 aliphatic heterocycles. The van der Waals surface area contributed by atoms with Gasteiger partial charge in [-0.1, -0.05) is 0 Å². The van der Waals surface area contributed by atoms with E-state index in [1.807, 2.05) is 25.1 Å². The molecule has 0 spiro atoms. The minimum absolute atomic E-state index is 0.0668. The van der Waals surface area contributed by atoms with E-state index >= 15 is 0 Å². The van der Waals surface area contributed by atoms with Crippen molar-refractivity contribution >= 4 is 39.9 Å². The molecule has 0 unspecified atom stereocenters. The first-order valence-electron chi connectivity index (χ1n) is 11.8. The Morgan fingerprint density at radius 1 is 0.857 bits per heavy atom. The number of hydrogen-bond donors (Lipinski definition) is 2. The molecule has 0 radical (unpaired) electrons. The Balaban J connectivity index is 1.17. The van der Waals surface area contributed by atoms with Gasteiger partial charge in [-0.2, -0.15) is 0 Å². The first kappa shape index (κ1) is 22.9. The van der Waals surface area contributed by atoms with Gasteiger partial charge in [-0.3, -0.25) is 9.59 Å². The van der Waals surface area contributed by atoms with Crippen LogP contribution in [0.5, 0.6) is 11.5 Å². The fourth-order valence-electron chi connectivity index (χ4n) is 4.20. The molecule has 3 aromatic rings. The minimum atomic E-state index is -0.244. The lowest BCUT2D eigenvalue weighted by Gasteiger charge is -2.28. The van der Waals surface area contributed by atoms with Crippen molar-refractivity contribution in [1.82, 2.24) is 4.98 Å². The summed E-state index contributed by atoms with van der Waals surface area (Å²) in [5.41, 5.74) is 3.25. The Hall–Kier alpha value is -3.85. The number of rotatable bonds is 6. The van der Waals surface area contributed by atoms with E-state index in [0.29, 0.717) is 49.3 Å². The Bertz CT molecular complexity index is 1260. The van der Waals surface area contributed by atoms with E-state index in [1.54, 1.807) is 18.2 Å². The molecule has 182 valence electrons. The van der Waals surface area contributed by atoms with Crippen molar-refractivity contribution in [3.05, 3.63) is 48.0 Å². The van der Waals surface area contributed by atoms with Crippen molar-refractivity contribution in [2.24, 2.45) is 0 Å². The zero-order valence-corrected chi connectivity index (χ0v) is 19.6. The number of anilines is 3. The van der Waals surface area contributed by atoms with Gasteiger partial charge in [0.05, 0.1) is 18.7 Å². The molecule has 9 heteroatoms. The van der Waals surface area contributed by atoms with Crippen LogP contribution >= 0.6 is 0 Å². The molecule has 1 fully saturated rings. The van der Waals surface area contributed by atoms with Gasteiger partial charge in [-0.25, -0.2) is 4.98 Å². The Morgan fingerprint density at radius 3 is 2.26 bits per heavy atom. The molecule has 0 bridgehead atoms. The molecule has 9 nitrogen and oxygen atoms in total. The van der Waals surface area contributed by atoms with Crippen LogP contribution in [0.15, 0.2) is 42.5 Å². The van der Waals surface area contributed by atoms with Crippen LogP contribution in [0.1, 0.15) is 18.4 Å². The summed E-state index contributed by atoms with van der Waals surface area (Å²) in [4.78, 5) is 31.8. The van der Waals surface area contributed by atoms with Gasteiger partial charge < -0.3 is 29.7 Å². The number of pyridine rings is 1. The maximum Gasteiger partial charge on any atom is 0.224 e. The summed E-state index contributed by atoms with van der Waals surface area (Å²) in [5.74, 6) is 1.74. The number of nitrogens with one attached hydrogen (secondary N) is 2. The second-order valence-electron chi connectivity index (χ2n) is 8.58. The van der Waals surface area contributed by atoms with Crippen LogP contribution in [0.2, 0.25) is 0 Å². The summed E-state index contributed by atoms with van der Waals surface area (Å²) in [5, 5.41) is 6.67. The lowest BCUT2D eigenvalue weighted by atomic mass is 10.1. The second kappa shape index (κ2) is 10.2. The van der Waals surface area contributed by atoms with Crippen LogP contribution in [0.25, 0.3) is 10.9 Å². The molecule has 1 saturated heterocycles. The van der Waals surface area contributed by atoms with Crippen molar-refractivity contribution in [3.63, 3.8) is 0 Å². The number of morpholine rings is 1. The topological polar surface area (TPSA) is 102 Å². The van der Waals surface area contributed by atoms with E-state index in [1.165, 1.54) is 0 Å². The van der Waals surface area contributed by atoms with E-state index < -0.39 is 0 Å². The quantitative estimate of drug-likeness (QED) is 0.561. The predicted molar refractivity (Wildman–Crippen MR) is 133 cm³/mol. The van der Waals surface area contributed by atoms with Gasteiger partial charge in [0.15, 0.2) is 11.5 Å². The lowest BCUT2D eigenvalue weighted by Crippen LogP contribution is -2.36. The third kappa shape index (κ3) is 5.46. The summed E-state index contributed by atoms with van der Waals surface area (Å²) < 4.78 is 16.5. The molecule has 2 amide bonds. The average Bonchev–Trinajstić information content (AvgIpc) is 2.88. The molecule has 0 saturated carbocycles.